The summed E-state index contributed by atoms with van der Waals surface area (Å²) >= 11 is -1.17. The Morgan fingerprint density at radius 2 is 1.33 bits per heavy atom. The molecule has 0 aliphatic rings. The Labute approximate surface area is 113 Å². The van der Waals surface area contributed by atoms with Crippen LogP contribution in [0.3, 0.4) is 0 Å². The summed E-state index contributed by atoms with van der Waals surface area (Å²) in [7, 11) is -0.949. The SMILES string of the molecule is C[CH2][Al-]([CH2]C)([CH2]C)[CH2]/C=C/[Si](C)(C)C.[Li+]. The first-order chi connectivity index (χ1) is 6.39. The molecule has 0 aliphatic carbocycles. The van der Waals surface area contributed by atoms with Crippen LogP contribution in [0.2, 0.25) is 40.8 Å². The molecular weight excluding hydrogens is 206 g/mol. The quantitative estimate of drug-likeness (QED) is 0.616. The minimum atomic E-state index is -1.17. The maximum atomic E-state index is 2.53. The molecule has 3 heteroatoms. The zero-order valence-corrected chi connectivity index (χ0v) is 14.2. The van der Waals surface area contributed by atoms with Gasteiger partial charge in [0, 0.05) is 0 Å². The van der Waals surface area contributed by atoms with E-state index in [1.807, 2.05) is 0 Å². The van der Waals surface area contributed by atoms with E-state index in [-0.39, 0.29) is 18.9 Å². The van der Waals surface area contributed by atoms with E-state index < -0.39 is 21.2 Å². The van der Waals surface area contributed by atoms with Crippen LogP contribution in [-0.4, -0.2) is 21.2 Å². The maximum absolute atomic E-state index is 2.53. The van der Waals surface area contributed by atoms with E-state index in [1.54, 1.807) is 0 Å². The first-order valence-corrected chi connectivity index (χ1v) is 13.1. The van der Waals surface area contributed by atoms with Crippen molar-refractivity contribution in [1.29, 1.82) is 0 Å². The molecule has 0 heterocycles. The van der Waals surface area contributed by atoms with E-state index in [9.17, 15) is 0 Å². The first kappa shape index (κ1) is 18.5. The molecule has 0 fully saturated rings. The normalized spacial score (nSPS) is 12.9. The van der Waals surface area contributed by atoms with Crippen molar-refractivity contribution in [2.45, 2.75) is 61.5 Å². The van der Waals surface area contributed by atoms with Gasteiger partial charge in [0.25, 0.3) is 0 Å². The van der Waals surface area contributed by atoms with Crippen LogP contribution >= 0.6 is 0 Å². The molecule has 0 N–H and O–H groups in total. The Balaban J connectivity index is 0. The first-order valence-electron chi connectivity index (χ1n) is 6.28. The molecule has 0 amide bonds. The fourth-order valence-electron chi connectivity index (χ4n) is 2.08. The molecule has 0 radical (unpaired) electrons. The summed E-state index contributed by atoms with van der Waals surface area (Å²) in [6.07, 6.45) is 2.52. The third-order valence-corrected chi connectivity index (χ3v) is 11.6. The van der Waals surface area contributed by atoms with Gasteiger partial charge in [-0.05, 0) is 0 Å². The predicted octanol–water partition coefficient (Wildman–Crippen LogP) is 1.93. The van der Waals surface area contributed by atoms with Gasteiger partial charge in [0.05, 0.1) is 8.07 Å². The maximum Gasteiger partial charge on any atom is 1.00 e. The van der Waals surface area contributed by atoms with Crippen molar-refractivity contribution in [2.24, 2.45) is 0 Å². The second kappa shape index (κ2) is 8.22. The molecule has 0 saturated heterocycles. The van der Waals surface area contributed by atoms with Crippen LogP contribution in [0.4, 0.5) is 0 Å². The van der Waals surface area contributed by atoms with Crippen molar-refractivity contribution in [1.82, 2.24) is 0 Å². The Morgan fingerprint density at radius 1 is 0.933 bits per heavy atom. The van der Waals surface area contributed by atoms with Gasteiger partial charge >= 0.3 is 18.9 Å². The van der Waals surface area contributed by atoms with Crippen molar-refractivity contribution in [3.63, 3.8) is 0 Å². The van der Waals surface area contributed by atoms with Crippen LogP contribution < -0.4 is 18.9 Å². The van der Waals surface area contributed by atoms with Crippen LogP contribution in [0.5, 0.6) is 0 Å². The second-order valence-electron chi connectivity index (χ2n) is 5.96. The third-order valence-electron chi connectivity index (χ3n) is 3.85. The van der Waals surface area contributed by atoms with E-state index >= 15 is 0 Å². The Morgan fingerprint density at radius 3 is 1.60 bits per heavy atom. The van der Waals surface area contributed by atoms with Crippen molar-refractivity contribution in [3.8, 4) is 0 Å². The van der Waals surface area contributed by atoms with Gasteiger partial charge in [-0.2, -0.15) is 21.1 Å². The van der Waals surface area contributed by atoms with Gasteiger partial charge in [-0.3, -0.25) is 0 Å². The van der Waals surface area contributed by atoms with Crippen molar-refractivity contribution in [2.75, 3.05) is 0 Å². The van der Waals surface area contributed by atoms with E-state index in [0.29, 0.717) is 0 Å². The Kier molecular flexibility index (Phi) is 10.1. The molecule has 0 unspecified atom stereocenters. The van der Waals surface area contributed by atoms with Gasteiger partial charge in [0.1, 0.15) is 13.1 Å². The molecule has 15 heavy (non-hydrogen) atoms. The van der Waals surface area contributed by atoms with Crippen LogP contribution in [0, 0.1) is 0 Å². The molecule has 0 aromatic rings. The summed E-state index contributed by atoms with van der Waals surface area (Å²) in [5.74, 6) is 0. The summed E-state index contributed by atoms with van der Waals surface area (Å²) in [6.45, 7) is 14.5. The van der Waals surface area contributed by atoms with Crippen LogP contribution in [0.1, 0.15) is 20.8 Å². The number of allylic oxidation sites excluding steroid dienone is 1. The number of rotatable bonds is 6. The molecular formula is C12H28AlLiSi. The molecule has 0 bridgehead atoms. The van der Waals surface area contributed by atoms with E-state index in [2.05, 4.69) is 52.2 Å². The molecule has 84 valence electrons. The Hall–Kier alpha value is 1.09. The number of hydrogen-bond acceptors (Lipinski definition) is 0. The van der Waals surface area contributed by atoms with Crippen molar-refractivity contribution < 1.29 is 18.9 Å². The molecule has 0 atom stereocenters. The fourth-order valence-corrected chi connectivity index (χ4v) is 6.64. The zero-order valence-electron chi connectivity index (χ0n) is 12.1. The standard InChI is InChI=1S/C6H13Si.3C2H5.Al.Li/c1-5-6-7(2,3)4;3*1-2;;/h5-6H,1H2,2-4H3;3*1H2,2H3;;/q;;;;-1;+1/b6-5+;;;;;. The predicted molar refractivity (Wildman–Crippen MR) is 74.5 cm³/mol. The topological polar surface area (TPSA) is 0 Å². The van der Waals surface area contributed by atoms with Gasteiger partial charge in [-0.25, -0.2) is 0 Å². The van der Waals surface area contributed by atoms with Gasteiger partial charge in [-0.1, -0.05) is 19.6 Å². The monoisotopic (exact) mass is 234 g/mol. The summed E-state index contributed by atoms with van der Waals surface area (Å²) in [5, 5.41) is 5.89. The smallest absolute Gasteiger partial charge is 0.194 e. The van der Waals surface area contributed by atoms with Crippen LogP contribution in [0.15, 0.2) is 11.8 Å². The zero-order chi connectivity index (χ0) is 11.2. The average Bonchev–Trinajstić information content (AvgIpc) is 2.11. The fraction of sp³-hybridized carbons (Fsp3) is 0.833. The summed E-state index contributed by atoms with van der Waals surface area (Å²) in [4.78, 5) is 0. The van der Waals surface area contributed by atoms with Crippen molar-refractivity contribution >= 4 is 21.2 Å². The molecule has 0 aromatic carbocycles. The summed E-state index contributed by atoms with van der Waals surface area (Å²) < 4.78 is 0. The summed E-state index contributed by atoms with van der Waals surface area (Å²) in [5.41, 5.74) is 2.53. The second-order valence-corrected chi connectivity index (χ2v) is 17.4. The largest absolute Gasteiger partial charge is 1.00 e. The minimum absolute atomic E-state index is 0. The van der Waals surface area contributed by atoms with Crippen LogP contribution in [0.25, 0.3) is 0 Å². The third kappa shape index (κ3) is 7.90. The van der Waals surface area contributed by atoms with Gasteiger partial charge < -0.3 is 0 Å². The van der Waals surface area contributed by atoms with Gasteiger partial charge in [0.15, 0.2) is 0 Å². The molecule has 0 saturated carbocycles. The molecule has 0 rings (SSSR count). The average molecular weight is 234 g/mol. The number of hydrogen-bond donors (Lipinski definition) is 0. The van der Waals surface area contributed by atoms with Crippen molar-refractivity contribution in [3.05, 3.63) is 11.8 Å². The summed E-state index contributed by atoms with van der Waals surface area (Å²) in [6, 6.07) is 0. The van der Waals surface area contributed by atoms with E-state index in [4.69, 9.17) is 0 Å². The van der Waals surface area contributed by atoms with Gasteiger partial charge in [-0.15, -0.1) is 32.5 Å². The van der Waals surface area contributed by atoms with E-state index in [1.165, 1.54) is 21.1 Å². The molecule has 0 aliphatic heterocycles. The Bertz CT molecular complexity index is 172. The molecule has 0 spiro atoms. The molecule has 0 aromatic heterocycles. The van der Waals surface area contributed by atoms with Crippen LogP contribution in [-0.2, 0) is 0 Å². The van der Waals surface area contributed by atoms with E-state index in [0.717, 1.165) is 0 Å². The molecule has 0 nitrogen and oxygen atoms in total. The van der Waals surface area contributed by atoms with Gasteiger partial charge in [0.2, 0.25) is 0 Å². The minimum Gasteiger partial charge on any atom is -0.194 e.